The molecule has 31 heavy (non-hydrogen) atoms. The second-order valence-electron chi connectivity index (χ2n) is 8.10. The summed E-state index contributed by atoms with van der Waals surface area (Å²) in [6, 6.07) is 16.0. The lowest BCUT2D eigenvalue weighted by Gasteiger charge is -2.25. The topological polar surface area (TPSA) is 80.0 Å². The molecule has 0 radical (unpaired) electrons. The molecule has 2 aliphatic heterocycles. The third kappa shape index (κ3) is 3.43. The van der Waals surface area contributed by atoms with E-state index in [4.69, 9.17) is 9.15 Å². The van der Waals surface area contributed by atoms with E-state index in [0.717, 1.165) is 23.6 Å². The summed E-state index contributed by atoms with van der Waals surface area (Å²) in [7, 11) is 0. The van der Waals surface area contributed by atoms with E-state index in [1.54, 1.807) is 25.1 Å². The fourth-order valence-corrected chi connectivity index (χ4v) is 4.46. The average molecular weight is 417 g/mol. The molecule has 1 aromatic heterocycles. The third-order valence-corrected chi connectivity index (χ3v) is 6.02. The Morgan fingerprint density at radius 1 is 1.10 bits per heavy atom. The minimum absolute atomic E-state index is 0.0487. The summed E-state index contributed by atoms with van der Waals surface area (Å²) in [5, 5.41) is 13.2. The van der Waals surface area contributed by atoms with E-state index in [-0.39, 0.29) is 24.0 Å². The number of ketones is 1. The highest BCUT2D eigenvalue weighted by Crippen LogP contribution is 2.41. The van der Waals surface area contributed by atoms with Crippen LogP contribution in [0.15, 0.2) is 64.6 Å². The van der Waals surface area contributed by atoms with Crippen molar-refractivity contribution in [3.8, 4) is 0 Å². The van der Waals surface area contributed by atoms with E-state index in [9.17, 15) is 14.7 Å². The molecule has 2 aliphatic rings. The Morgan fingerprint density at radius 2 is 1.90 bits per heavy atom. The number of aryl methyl sites for hydroxylation is 1. The van der Waals surface area contributed by atoms with Crippen LogP contribution < -0.4 is 0 Å². The van der Waals surface area contributed by atoms with Gasteiger partial charge in [0.1, 0.15) is 23.3 Å². The van der Waals surface area contributed by atoms with Crippen molar-refractivity contribution in [2.45, 2.75) is 31.9 Å². The highest BCUT2D eigenvalue weighted by atomic mass is 16.5. The molecule has 0 spiro atoms. The highest BCUT2D eigenvalue weighted by Gasteiger charge is 2.48. The zero-order chi connectivity index (χ0) is 21.5. The summed E-state index contributed by atoms with van der Waals surface area (Å²) in [6.07, 6.45) is 1.63. The van der Waals surface area contributed by atoms with Gasteiger partial charge in [-0.3, -0.25) is 9.59 Å². The van der Waals surface area contributed by atoms with Crippen LogP contribution in [0.1, 0.15) is 36.0 Å². The summed E-state index contributed by atoms with van der Waals surface area (Å²) in [4.78, 5) is 27.5. The number of aliphatic hydroxyl groups is 1. The van der Waals surface area contributed by atoms with Gasteiger partial charge in [-0.25, -0.2) is 0 Å². The van der Waals surface area contributed by atoms with Crippen LogP contribution in [0.2, 0.25) is 0 Å². The van der Waals surface area contributed by atoms with Crippen LogP contribution in [0, 0.1) is 6.92 Å². The number of amides is 1. The minimum atomic E-state index is -0.788. The van der Waals surface area contributed by atoms with E-state index in [0.29, 0.717) is 23.7 Å². The predicted octanol–water partition coefficient (Wildman–Crippen LogP) is 4.34. The molecule has 2 unspecified atom stereocenters. The molecule has 5 rings (SSSR count). The second kappa shape index (κ2) is 7.71. The van der Waals surface area contributed by atoms with Crippen molar-refractivity contribution in [1.82, 2.24) is 4.90 Å². The molecule has 3 aromatic rings. The number of likely N-dealkylation sites (tertiary alicyclic amines) is 1. The van der Waals surface area contributed by atoms with Gasteiger partial charge in [-0.15, -0.1) is 0 Å². The quantitative estimate of drug-likeness (QED) is 0.388. The molecule has 2 aromatic carbocycles. The van der Waals surface area contributed by atoms with Crippen LogP contribution in [0.3, 0.4) is 0 Å². The zero-order valence-electron chi connectivity index (χ0n) is 17.2. The Labute approximate surface area is 179 Å². The van der Waals surface area contributed by atoms with Gasteiger partial charge in [-0.1, -0.05) is 36.4 Å². The monoisotopic (exact) mass is 417 g/mol. The van der Waals surface area contributed by atoms with E-state index in [2.05, 4.69) is 0 Å². The van der Waals surface area contributed by atoms with Crippen molar-refractivity contribution >= 4 is 28.2 Å². The summed E-state index contributed by atoms with van der Waals surface area (Å²) in [6.45, 7) is 2.73. The van der Waals surface area contributed by atoms with Gasteiger partial charge in [0, 0.05) is 18.7 Å². The first kappa shape index (κ1) is 19.6. The number of fused-ring (bicyclic) bond motifs is 1. The first-order valence-corrected chi connectivity index (χ1v) is 10.5. The molecule has 1 N–H and O–H groups in total. The number of hydrogen-bond donors (Lipinski definition) is 1. The zero-order valence-corrected chi connectivity index (χ0v) is 17.2. The molecule has 3 heterocycles. The highest BCUT2D eigenvalue weighted by molar-refractivity contribution is 6.46. The van der Waals surface area contributed by atoms with E-state index in [1.165, 1.54) is 4.90 Å². The van der Waals surface area contributed by atoms with Crippen LogP contribution in [0.4, 0.5) is 0 Å². The van der Waals surface area contributed by atoms with Crippen molar-refractivity contribution in [2.24, 2.45) is 0 Å². The fraction of sp³-hybridized carbons (Fsp3) is 0.280. The molecule has 2 saturated heterocycles. The number of carbonyl (C=O) groups excluding carboxylic acids is 2. The molecule has 0 aliphatic carbocycles. The van der Waals surface area contributed by atoms with Crippen LogP contribution in [-0.4, -0.2) is 41.0 Å². The Morgan fingerprint density at radius 3 is 2.61 bits per heavy atom. The van der Waals surface area contributed by atoms with Crippen molar-refractivity contribution in [3.63, 3.8) is 0 Å². The van der Waals surface area contributed by atoms with Crippen molar-refractivity contribution < 1.29 is 23.8 Å². The number of benzene rings is 2. The van der Waals surface area contributed by atoms with E-state index < -0.39 is 17.7 Å². The standard InChI is InChI=1S/C25H23NO5/c1-15-8-11-20(31-15)22-21(24(28)25(29)26(22)14-19-7-4-12-30-19)23(27)18-10-9-16-5-2-3-6-17(16)13-18/h2-3,5-6,8-11,13,19,22,27H,4,7,12,14H2,1H3/b23-21-. The number of carbonyl (C=O) groups is 2. The van der Waals surface area contributed by atoms with Gasteiger partial charge in [0.2, 0.25) is 0 Å². The Kier molecular flexibility index (Phi) is 4.87. The summed E-state index contributed by atoms with van der Waals surface area (Å²) in [5.74, 6) is -0.418. The van der Waals surface area contributed by atoms with Crippen LogP contribution >= 0.6 is 0 Å². The van der Waals surface area contributed by atoms with E-state index in [1.807, 2.05) is 36.4 Å². The number of hydrogen-bond acceptors (Lipinski definition) is 5. The molecular weight excluding hydrogens is 394 g/mol. The molecule has 158 valence electrons. The molecule has 0 bridgehead atoms. The summed E-state index contributed by atoms with van der Waals surface area (Å²) >= 11 is 0. The lowest BCUT2D eigenvalue weighted by atomic mass is 9.97. The van der Waals surface area contributed by atoms with Crippen molar-refractivity contribution in [1.29, 1.82) is 0 Å². The normalized spacial score (nSPS) is 23.2. The predicted molar refractivity (Wildman–Crippen MR) is 115 cm³/mol. The maximum Gasteiger partial charge on any atom is 0.295 e. The van der Waals surface area contributed by atoms with Crippen LogP contribution in [-0.2, 0) is 14.3 Å². The van der Waals surface area contributed by atoms with Gasteiger partial charge in [-0.05, 0) is 48.7 Å². The lowest BCUT2D eigenvalue weighted by molar-refractivity contribution is -0.141. The average Bonchev–Trinajstić information content (AvgIpc) is 3.50. The number of ether oxygens (including phenoxy) is 1. The van der Waals surface area contributed by atoms with Gasteiger partial charge in [0.25, 0.3) is 11.7 Å². The maximum absolute atomic E-state index is 13.1. The van der Waals surface area contributed by atoms with Crippen molar-refractivity contribution in [3.05, 3.63) is 77.3 Å². The number of aliphatic hydroxyl groups excluding tert-OH is 1. The van der Waals surface area contributed by atoms with Crippen molar-refractivity contribution in [2.75, 3.05) is 13.2 Å². The maximum atomic E-state index is 13.1. The molecule has 0 saturated carbocycles. The first-order valence-electron chi connectivity index (χ1n) is 10.5. The Bertz CT molecular complexity index is 1200. The molecule has 6 nitrogen and oxygen atoms in total. The number of Topliss-reactive ketones (excluding diaryl/α,β-unsaturated/α-hetero) is 1. The molecule has 2 atom stereocenters. The van der Waals surface area contributed by atoms with Crippen LogP contribution in [0.5, 0.6) is 0 Å². The molecular formula is C25H23NO5. The molecule has 1 amide bonds. The van der Waals surface area contributed by atoms with Gasteiger partial charge < -0.3 is 19.2 Å². The smallest absolute Gasteiger partial charge is 0.295 e. The fourth-order valence-electron chi connectivity index (χ4n) is 4.46. The third-order valence-electron chi connectivity index (χ3n) is 6.02. The van der Waals surface area contributed by atoms with E-state index >= 15 is 0 Å². The first-order chi connectivity index (χ1) is 15.0. The summed E-state index contributed by atoms with van der Waals surface area (Å²) in [5.41, 5.74) is 0.537. The van der Waals surface area contributed by atoms with Gasteiger partial charge in [0.15, 0.2) is 0 Å². The number of furan rings is 1. The van der Waals surface area contributed by atoms with Gasteiger partial charge >= 0.3 is 0 Å². The van der Waals surface area contributed by atoms with Crippen LogP contribution in [0.25, 0.3) is 16.5 Å². The largest absolute Gasteiger partial charge is 0.507 e. The number of rotatable bonds is 4. The summed E-state index contributed by atoms with van der Waals surface area (Å²) < 4.78 is 11.5. The SMILES string of the molecule is Cc1ccc(C2/C(=C(/O)c3ccc4ccccc4c3)C(=O)C(=O)N2CC2CCCO2)o1. The molecule has 6 heteroatoms. The second-order valence-corrected chi connectivity index (χ2v) is 8.10. The Balaban J connectivity index is 1.62. The van der Waals surface area contributed by atoms with Gasteiger partial charge in [0.05, 0.1) is 11.7 Å². The minimum Gasteiger partial charge on any atom is -0.507 e. The lowest BCUT2D eigenvalue weighted by Crippen LogP contribution is -2.36. The number of nitrogens with zero attached hydrogens (tertiary/aromatic N) is 1. The molecule has 2 fully saturated rings. The van der Waals surface area contributed by atoms with Gasteiger partial charge in [-0.2, -0.15) is 0 Å². The Hall–Kier alpha value is -3.38.